The maximum Gasteiger partial charge on any atom is 0.311 e. The Hall–Kier alpha value is -11.0. The van der Waals surface area contributed by atoms with Crippen molar-refractivity contribution >= 4 is 23.9 Å². The Morgan fingerprint density at radius 2 is 0.457 bits per heavy atom. The molecule has 8 aromatic rings. The second-order valence-electron chi connectivity index (χ2n) is 20.9. The van der Waals surface area contributed by atoms with E-state index in [0.29, 0.717) is 38.5 Å². The Labute approximate surface area is 525 Å². The van der Waals surface area contributed by atoms with Gasteiger partial charge in [0.15, 0.2) is 0 Å². The van der Waals surface area contributed by atoms with E-state index >= 15 is 0 Å². The fraction of sp³-hybridized carbons (Fsp3) is 0.222. The average molecular weight is 1260 g/mol. The molecule has 0 aromatic heterocycles. The third kappa shape index (κ3) is 20.0. The normalized spacial score (nSPS) is 10.6. The van der Waals surface area contributed by atoms with Crippen LogP contribution in [0.3, 0.4) is 0 Å². The molecule has 8 rings (SSSR count). The van der Waals surface area contributed by atoms with E-state index in [1.165, 1.54) is 97.1 Å². The van der Waals surface area contributed by atoms with Crippen LogP contribution in [-0.2, 0) is 19.2 Å². The summed E-state index contributed by atoms with van der Waals surface area (Å²) in [5, 5.41) is 35.4. The number of hydrogen-bond donors (Lipinski definition) is 0. The first kappa shape index (κ1) is 68.5. The van der Waals surface area contributed by atoms with Gasteiger partial charge in [0.25, 0.3) is 0 Å². The minimum absolute atomic E-state index is 0.0200. The minimum Gasteiger partial charge on any atom is -0.426 e. The number of ether oxygens (including phenoxy) is 4. The zero-order valence-electron chi connectivity index (χ0n) is 49.2. The molecule has 12 nitrogen and oxygen atoms in total. The van der Waals surface area contributed by atoms with Gasteiger partial charge in [-0.2, -0.15) is 21.0 Å². The number of esters is 4. The van der Waals surface area contributed by atoms with Crippen LogP contribution in [0.1, 0.15) is 125 Å². The Morgan fingerprint density at radius 3 is 0.630 bits per heavy atom. The van der Waals surface area contributed by atoms with E-state index in [1.807, 2.05) is 0 Å². The van der Waals surface area contributed by atoms with Crippen LogP contribution in [0.15, 0.2) is 146 Å². The zero-order chi connectivity index (χ0) is 66.1. The summed E-state index contributed by atoms with van der Waals surface area (Å²) in [5.74, 6) is -7.70. The zero-order valence-corrected chi connectivity index (χ0v) is 49.2. The SMILES string of the molecule is N#Cc1ccc(-c2ccc(OC(=O)CCCCCCCC(=O)Oc3ccc(-c4ccc(C#N)c(F)c4)c(F)c3)cc2F)cc1F.N#Cc1ccc(-c2ccc(OC(=O)CCCCCCCCCC(=O)Oc3ccc(-c4ccc(C#N)c(F)c4)c(F)c3)cc2F)cc1F. The standard InChI is InChI=1S/C37H30F4N2O4.C35H26F4N2O4/c38-32-18-24(10-12-26(32)22-42)30-16-14-28(20-34(30)40)46-36(44)8-6-4-2-1-3-5-7-9-37(45)47-29-15-17-31(35(41)21-29)25-11-13-27(23-43)33(39)19-25;36-30-16-22(8-10-24(30)20-40)28-14-12-26(18-32(28)38)44-34(42)6-4-2-1-3-5-7-35(43)45-27-13-15-29(33(39)19-27)23-9-11-25(21-41)31(37)17-23/h10-21H,1-9H2;8-19H,1-7H2. The lowest BCUT2D eigenvalue weighted by atomic mass is 10.0. The first-order valence-corrected chi connectivity index (χ1v) is 29.2. The molecule has 0 amide bonds. The first-order chi connectivity index (χ1) is 44.4. The summed E-state index contributed by atoms with van der Waals surface area (Å²) in [6.45, 7) is 0. The van der Waals surface area contributed by atoms with Crippen molar-refractivity contribution < 1.29 is 73.2 Å². The number of benzene rings is 8. The van der Waals surface area contributed by atoms with Crippen LogP contribution in [0, 0.1) is 91.9 Å². The van der Waals surface area contributed by atoms with E-state index in [2.05, 4.69) is 0 Å². The van der Waals surface area contributed by atoms with Gasteiger partial charge in [-0.1, -0.05) is 75.6 Å². The molecule has 20 heteroatoms. The van der Waals surface area contributed by atoms with E-state index < -0.39 is 70.4 Å². The molecular weight excluding hydrogens is 1200 g/mol. The van der Waals surface area contributed by atoms with Crippen LogP contribution in [0.4, 0.5) is 35.1 Å². The first-order valence-electron chi connectivity index (χ1n) is 29.2. The van der Waals surface area contributed by atoms with Gasteiger partial charge >= 0.3 is 23.9 Å². The van der Waals surface area contributed by atoms with E-state index in [4.69, 9.17) is 40.0 Å². The van der Waals surface area contributed by atoms with E-state index in [0.717, 1.165) is 87.1 Å². The fourth-order valence-corrected chi connectivity index (χ4v) is 9.49. The highest BCUT2D eigenvalue weighted by Crippen LogP contribution is 2.33. The molecule has 0 heterocycles. The predicted molar refractivity (Wildman–Crippen MR) is 322 cm³/mol. The summed E-state index contributed by atoms with van der Waals surface area (Å²) in [6.07, 6.45) is 9.25. The van der Waals surface area contributed by atoms with Gasteiger partial charge in [-0.25, -0.2) is 35.1 Å². The molecule has 0 N–H and O–H groups in total. The number of nitriles is 4. The van der Waals surface area contributed by atoms with Crippen molar-refractivity contribution in [1.29, 1.82) is 21.0 Å². The summed E-state index contributed by atoms with van der Waals surface area (Å²) >= 11 is 0. The molecule has 0 radical (unpaired) electrons. The molecule has 92 heavy (non-hydrogen) atoms. The van der Waals surface area contributed by atoms with E-state index in [-0.39, 0.29) is 115 Å². The lowest BCUT2D eigenvalue weighted by molar-refractivity contribution is -0.135. The van der Waals surface area contributed by atoms with Gasteiger partial charge in [0, 0.05) is 72.2 Å². The van der Waals surface area contributed by atoms with Gasteiger partial charge in [0.05, 0.1) is 22.3 Å². The Morgan fingerprint density at radius 1 is 0.261 bits per heavy atom. The highest BCUT2D eigenvalue weighted by Gasteiger charge is 2.18. The van der Waals surface area contributed by atoms with Crippen molar-refractivity contribution in [1.82, 2.24) is 0 Å². The number of nitrogens with zero attached hydrogens (tertiary/aromatic N) is 4. The molecule has 0 saturated carbocycles. The van der Waals surface area contributed by atoms with Gasteiger partial charge in [0.2, 0.25) is 0 Å². The average Bonchev–Trinajstić information content (AvgIpc) is 0.931. The van der Waals surface area contributed by atoms with Crippen LogP contribution >= 0.6 is 0 Å². The Kier molecular flexibility index (Phi) is 25.4. The van der Waals surface area contributed by atoms with Crippen molar-refractivity contribution in [2.45, 2.75) is 103 Å². The minimum atomic E-state index is -0.759. The smallest absolute Gasteiger partial charge is 0.311 e. The van der Waals surface area contributed by atoms with Crippen molar-refractivity contribution in [2.24, 2.45) is 0 Å². The molecule has 0 fully saturated rings. The number of rotatable bonds is 26. The van der Waals surface area contributed by atoms with Gasteiger partial charge in [-0.05, 0) is 145 Å². The van der Waals surface area contributed by atoms with Crippen LogP contribution in [0.25, 0.3) is 44.5 Å². The van der Waals surface area contributed by atoms with Crippen molar-refractivity contribution in [3.63, 3.8) is 0 Å². The van der Waals surface area contributed by atoms with Crippen LogP contribution < -0.4 is 18.9 Å². The molecule has 0 aliphatic rings. The maximum atomic E-state index is 14.6. The van der Waals surface area contributed by atoms with Gasteiger partial charge in [-0.3, -0.25) is 19.2 Å². The van der Waals surface area contributed by atoms with Gasteiger partial charge < -0.3 is 18.9 Å². The second kappa shape index (κ2) is 34.1. The third-order valence-electron chi connectivity index (χ3n) is 14.3. The summed E-state index contributed by atoms with van der Waals surface area (Å²) in [4.78, 5) is 48.7. The number of carbonyl (C=O) groups is 4. The maximum absolute atomic E-state index is 14.6. The molecule has 0 unspecified atom stereocenters. The molecule has 8 aromatic carbocycles. The number of unbranched alkanes of at least 4 members (excludes halogenated alkanes) is 10. The monoisotopic (exact) mass is 1260 g/mol. The van der Waals surface area contributed by atoms with Crippen LogP contribution in [0.2, 0.25) is 0 Å². The van der Waals surface area contributed by atoms with Crippen LogP contribution in [-0.4, -0.2) is 23.9 Å². The quantitative estimate of drug-likeness (QED) is 0.0215. The second-order valence-corrected chi connectivity index (χ2v) is 20.9. The summed E-state index contributed by atoms with van der Waals surface area (Å²) in [6, 6.07) is 37.3. The molecular formula is C72H56F8N4O8. The molecule has 468 valence electrons. The summed E-state index contributed by atoms with van der Waals surface area (Å²) in [7, 11) is 0. The number of hydrogen-bond acceptors (Lipinski definition) is 12. The van der Waals surface area contributed by atoms with Crippen LogP contribution in [0.5, 0.6) is 23.0 Å². The highest BCUT2D eigenvalue weighted by atomic mass is 19.2. The number of halogens is 8. The topological polar surface area (TPSA) is 200 Å². The Balaban J connectivity index is 0.000000261. The summed E-state index contributed by atoms with van der Waals surface area (Å²) < 4.78 is 135. The molecule has 0 saturated heterocycles. The van der Waals surface area contributed by atoms with E-state index in [9.17, 15) is 54.3 Å². The van der Waals surface area contributed by atoms with E-state index in [1.54, 1.807) is 24.3 Å². The lowest BCUT2D eigenvalue weighted by Crippen LogP contribution is -2.08. The predicted octanol–water partition coefficient (Wildman–Crippen LogP) is 17.9. The van der Waals surface area contributed by atoms with Gasteiger partial charge in [-0.15, -0.1) is 0 Å². The molecule has 0 atom stereocenters. The molecule has 0 spiro atoms. The molecule has 0 aliphatic carbocycles. The Bertz CT molecular complexity index is 3920. The number of carbonyl (C=O) groups excluding carboxylic acids is 4. The fourth-order valence-electron chi connectivity index (χ4n) is 9.49. The molecule has 0 bridgehead atoms. The van der Waals surface area contributed by atoms with Crippen molar-refractivity contribution in [3.8, 4) is 91.8 Å². The third-order valence-corrected chi connectivity index (χ3v) is 14.3. The van der Waals surface area contributed by atoms with Crippen molar-refractivity contribution in [2.75, 3.05) is 0 Å². The highest BCUT2D eigenvalue weighted by molar-refractivity contribution is 5.76. The summed E-state index contributed by atoms with van der Waals surface area (Å²) in [5.41, 5.74) is 0.885. The molecule has 0 aliphatic heterocycles. The lowest BCUT2D eigenvalue weighted by Gasteiger charge is -2.09. The van der Waals surface area contributed by atoms with Gasteiger partial charge in [0.1, 0.15) is 93.8 Å². The largest absolute Gasteiger partial charge is 0.426 e. The van der Waals surface area contributed by atoms with Crippen molar-refractivity contribution in [3.05, 3.63) is 214 Å².